The van der Waals surface area contributed by atoms with Crippen molar-refractivity contribution in [1.29, 1.82) is 0 Å². The fourth-order valence-corrected chi connectivity index (χ4v) is 4.08. The standard InChI is InChI=1S/C25H26FN3O5/c1-16-10-11-18(14-19(16)26)29(22(30)15-27-24(31)21-9-5-13-34-21)23(20-8-4-12-33-20)25(32)28-17-6-2-3-7-17/h4-5,8-14,17,23H,2-3,6-7,15H2,1H3,(H,27,31)(H,28,32)/t23-/m0/s1. The summed E-state index contributed by atoms with van der Waals surface area (Å²) in [5.74, 6) is -1.90. The van der Waals surface area contributed by atoms with Crippen LogP contribution in [0.3, 0.4) is 0 Å². The summed E-state index contributed by atoms with van der Waals surface area (Å²) in [6.45, 7) is 1.16. The van der Waals surface area contributed by atoms with Gasteiger partial charge in [-0.3, -0.25) is 19.3 Å². The number of hydrogen-bond donors (Lipinski definition) is 2. The molecule has 2 heterocycles. The molecule has 34 heavy (non-hydrogen) atoms. The second-order valence-electron chi connectivity index (χ2n) is 8.27. The van der Waals surface area contributed by atoms with Crippen LogP contribution in [0, 0.1) is 12.7 Å². The monoisotopic (exact) mass is 467 g/mol. The Kier molecular flexibility index (Phi) is 7.10. The van der Waals surface area contributed by atoms with Crippen LogP contribution in [0.5, 0.6) is 0 Å². The van der Waals surface area contributed by atoms with Gasteiger partial charge < -0.3 is 19.5 Å². The number of aryl methyl sites for hydroxylation is 1. The van der Waals surface area contributed by atoms with Crippen LogP contribution < -0.4 is 15.5 Å². The van der Waals surface area contributed by atoms with E-state index in [-0.39, 0.29) is 23.2 Å². The molecular weight excluding hydrogens is 441 g/mol. The van der Waals surface area contributed by atoms with Gasteiger partial charge in [0.25, 0.3) is 11.8 Å². The second-order valence-corrected chi connectivity index (χ2v) is 8.27. The number of hydrogen-bond acceptors (Lipinski definition) is 5. The van der Waals surface area contributed by atoms with Crippen LogP contribution in [0.4, 0.5) is 10.1 Å². The van der Waals surface area contributed by atoms with Gasteiger partial charge in [0.2, 0.25) is 5.91 Å². The average molecular weight is 467 g/mol. The Morgan fingerprint density at radius 3 is 2.47 bits per heavy atom. The Morgan fingerprint density at radius 2 is 1.82 bits per heavy atom. The molecular formula is C25H26FN3O5. The number of amides is 3. The molecule has 2 N–H and O–H groups in total. The number of carbonyl (C=O) groups is 3. The summed E-state index contributed by atoms with van der Waals surface area (Å²) < 4.78 is 25.1. The van der Waals surface area contributed by atoms with Crippen LogP contribution in [0.2, 0.25) is 0 Å². The molecule has 0 saturated heterocycles. The molecule has 0 radical (unpaired) electrons. The van der Waals surface area contributed by atoms with Crippen molar-refractivity contribution in [2.24, 2.45) is 0 Å². The molecule has 0 bridgehead atoms. The molecule has 0 aliphatic heterocycles. The first kappa shape index (κ1) is 23.3. The Labute approximate surface area is 196 Å². The van der Waals surface area contributed by atoms with Crippen molar-refractivity contribution in [2.45, 2.75) is 44.7 Å². The lowest BCUT2D eigenvalue weighted by Crippen LogP contribution is -2.49. The molecule has 1 aliphatic rings. The first-order chi connectivity index (χ1) is 16.4. The van der Waals surface area contributed by atoms with E-state index in [1.165, 1.54) is 30.7 Å². The fourth-order valence-electron chi connectivity index (χ4n) is 4.08. The highest BCUT2D eigenvalue weighted by atomic mass is 19.1. The van der Waals surface area contributed by atoms with Crippen molar-refractivity contribution < 1.29 is 27.6 Å². The highest BCUT2D eigenvalue weighted by Gasteiger charge is 2.36. The topological polar surface area (TPSA) is 105 Å². The lowest BCUT2D eigenvalue weighted by molar-refractivity contribution is -0.127. The fraction of sp³-hybridized carbons (Fsp3) is 0.320. The highest BCUT2D eigenvalue weighted by Crippen LogP contribution is 2.30. The first-order valence-corrected chi connectivity index (χ1v) is 11.2. The van der Waals surface area contributed by atoms with Gasteiger partial charge in [-0.15, -0.1) is 0 Å². The summed E-state index contributed by atoms with van der Waals surface area (Å²) >= 11 is 0. The number of nitrogens with zero attached hydrogens (tertiary/aromatic N) is 1. The smallest absolute Gasteiger partial charge is 0.287 e. The van der Waals surface area contributed by atoms with Crippen molar-refractivity contribution in [3.05, 3.63) is 77.9 Å². The minimum atomic E-state index is -1.19. The number of furan rings is 2. The number of benzene rings is 1. The number of anilines is 1. The van der Waals surface area contributed by atoms with E-state index >= 15 is 0 Å². The molecule has 1 saturated carbocycles. The van der Waals surface area contributed by atoms with Crippen LogP contribution in [-0.4, -0.2) is 30.3 Å². The molecule has 3 aromatic rings. The maximum absolute atomic E-state index is 14.5. The summed E-state index contributed by atoms with van der Waals surface area (Å²) in [4.78, 5) is 40.3. The Balaban J connectivity index is 1.66. The molecule has 9 heteroatoms. The number of nitrogens with one attached hydrogen (secondary N) is 2. The van der Waals surface area contributed by atoms with Gasteiger partial charge in [-0.05, 0) is 61.7 Å². The minimum Gasteiger partial charge on any atom is -0.467 e. The molecule has 0 unspecified atom stereocenters. The van der Waals surface area contributed by atoms with E-state index in [2.05, 4.69) is 10.6 Å². The molecule has 4 rings (SSSR count). The Bertz CT molecular complexity index is 1140. The van der Waals surface area contributed by atoms with E-state index in [4.69, 9.17) is 8.83 Å². The van der Waals surface area contributed by atoms with E-state index in [0.717, 1.165) is 30.6 Å². The van der Waals surface area contributed by atoms with E-state index < -0.39 is 36.1 Å². The largest absolute Gasteiger partial charge is 0.467 e. The van der Waals surface area contributed by atoms with Gasteiger partial charge in [-0.2, -0.15) is 0 Å². The zero-order valence-electron chi connectivity index (χ0n) is 18.8. The Morgan fingerprint density at radius 1 is 1.09 bits per heavy atom. The van der Waals surface area contributed by atoms with Crippen LogP contribution in [0.1, 0.15) is 53.6 Å². The summed E-state index contributed by atoms with van der Waals surface area (Å²) in [5, 5.41) is 5.49. The summed E-state index contributed by atoms with van der Waals surface area (Å²) in [6, 6.07) is 9.31. The van der Waals surface area contributed by atoms with Crippen LogP contribution >= 0.6 is 0 Å². The van der Waals surface area contributed by atoms with E-state index in [1.807, 2.05) is 0 Å². The third-order valence-corrected chi connectivity index (χ3v) is 5.87. The zero-order valence-corrected chi connectivity index (χ0v) is 18.8. The molecule has 8 nitrogen and oxygen atoms in total. The maximum atomic E-state index is 14.5. The molecule has 178 valence electrons. The van der Waals surface area contributed by atoms with Crippen LogP contribution in [0.25, 0.3) is 0 Å². The summed E-state index contributed by atoms with van der Waals surface area (Å²) in [7, 11) is 0. The zero-order chi connectivity index (χ0) is 24.1. The number of halogens is 1. The van der Waals surface area contributed by atoms with E-state index in [0.29, 0.717) is 5.56 Å². The minimum absolute atomic E-state index is 0.00433. The van der Waals surface area contributed by atoms with Gasteiger partial charge in [-0.25, -0.2) is 4.39 Å². The van der Waals surface area contributed by atoms with Gasteiger partial charge in [0, 0.05) is 11.7 Å². The molecule has 3 amide bonds. The van der Waals surface area contributed by atoms with Gasteiger partial charge in [0.05, 0.1) is 19.1 Å². The van der Waals surface area contributed by atoms with Crippen molar-refractivity contribution in [1.82, 2.24) is 10.6 Å². The van der Waals surface area contributed by atoms with Gasteiger partial charge >= 0.3 is 0 Å². The molecule has 2 aromatic heterocycles. The van der Waals surface area contributed by atoms with Crippen molar-refractivity contribution in [3.63, 3.8) is 0 Å². The van der Waals surface area contributed by atoms with Gasteiger partial charge in [0.15, 0.2) is 11.8 Å². The third kappa shape index (κ3) is 5.19. The maximum Gasteiger partial charge on any atom is 0.287 e. The average Bonchev–Trinajstić information content (AvgIpc) is 3.61. The third-order valence-electron chi connectivity index (χ3n) is 5.87. The second kappa shape index (κ2) is 10.4. The highest BCUT2D eigenvalue weighted by molar-refractivity contribution is 6.04. The number of rotatable bonds is 8. The predicted octanol–water partition coefficient (Wildman–Crippen LogP) is 3.88. The van der Waals surface area contributed by atoms with E-state index in [1.54, 1.807) is 31.2 Å². The van der Waals surface area contributed by atoms with Crippen molar-refractivity contribution in [3.8, 4) is 0 Å². The molecule has 1 fully saturated rings. The molecule has 0 spiro atoms. The van der Waals surface area contributed by atoms with Crippen molar-refractivity contribution in [2.75, 3.05) is 11.4 Å². The predicted molar refractivity (Wildman–Crippen MR) is 122 cm³/mol. The molecule has 1 aromatic carbocycles. The van der Waals surface area contributed by atoms with Gasteiger partial charge in [-0.1, -0.05) is 18.9 Å². The Hall–Kier alpha value is -3.88. The summed E-state index contributed by atoms with van der Waals surface area (Å²) in [5.41, 5.74) is 0.565. The molecule has 1 aliphatic carbocycles. The van der Waals surface area contributed by atoms with Gasteiger partial charge in [0.1, 0.15) is 11.6 Å². The van der Waals surface area contributed by atoms with Crippen LogP contribution in [0.15, 0.2) is 63.8 Å². The van der Waals surface area contributed by atoms with Crippen LogP contribution in [-0.2, 0) is 9.59 Å². The SMILES string of the molecule is Cc1ccc(N(C(=O)CNC(=O)c2ccco2)[C@H](C(=O)NC2CCCC2)c2ccco2)cc1F. The lowest BCUT2D eigenvalue weighted by atomic mass is 10.1. The quantitative estimate of drug-likeness (QED) is 0.523. The number of carbonyl (C=O) groups excluding carboxylic acids is 3. The van der Waals surface area contributed by atoms with Crippen molar-refractivity contribution >= 4 is 23.4 Å². The summed E-state index contributed by atoms with van der Waals surface area (Å²) in [6.07, 6.45) is 6.48. The molecule has 1 atom stereocenters. The first-order valence-electron chi connectivity index (χ1n) is 11.2. The van der Waals surface area contributed by atoms with E-state index in [9.17, 15) is 18.8 Å². The normalized spacial score (nSPS) is 14.5. The lowest BCUT2D eigenvalue weighted by Gasteiger charge is -2.31.